The van der Waals surface area contributed by atoms with Crippen LogP contribution in [-0.2, 0) is 4.79 Å². The number of carbonyl (C=O) groups is 2. The fourth-order valence-corrected chi connectivity index (χ4v) is 6.52. The van der Waals surface area contributed by atoms with Crippen molar-refractivity contribution >= 4 is 22.8 Å². The topological polar surface area (TPSA) is 80.6 Å². The number of carbonyl (C=O) groups excluding carboxylic acids is 1. The minimum atomic E-state index is -0.730. The number of ether oxygens (including phenoxy) is 1. The molecule has 1 atom stereocenters. The predicted octanol–water partition coefficient (Wildman–Crippen LogP) is 6.44. The first-order chi connectivity index (χ1) is 18.8. The highest BCUT2D eigenvalue weighted by atomic mass is 19.1. The molecule has 0 saturated heterocycles. The van der Waals surface area contributed by atoms with Gasteiger partial charge in [0, 0.05) is 17.6 Å². The SMILES string of the molecule is COc1cccc(-c2ccc(C(C)n3ccc4c(F)ccc(C(=O)NC5CC6(C5)CC(C(=O)O)C6)c43)cc2)c1. The molecule has 6 nitrogen and oxygen atoms in total. The van der Waals surface area contributed by atoms with E-state index in [-0.39, 0.29) is 35.1 Å². The number of nitrogens with one attached hydrogen (secondary N) is 1. The van der Waals surface area contributed by atoms with Crippen molar-refractivity contribution in [2.75, 3.05) is 7.11 Å². The van der Waals surface area contributed by atoms with Crippen LogP contribution in [0.3, 0.4) is 0 Å². The highest BCUT2D eigenvalue weighted by Gasteiger charge is 2.55. The number of aliphatic carboxylic acids is 1. The van der Waals surface area contributed by atoms with Crippen molar-refractivity contribution in [2.24, 2.45) is 11.3 Å². The molecule has 2 fully saturated rings. The normalized spacial score (nSPS) is 22.6. The minimum Gasteiger partial charge on any atom is -0.497 e. The Labute approximate surface area is 226 Å². The van der Waals surface area contributed by atoms with E-state index in [0.29, 0.717) is 29.3 Å². The molecule has 1 aromatic heterocycles. The van der Waals surface area contributed by atoms with E-state index in [2.05, 4.69) is 29.6 Å². The Balaban J connectivity index is 1.22. The third-order valence-corrected chi connectivity index (χ3v) is 8.68. The molecular formula is C32H31FN2O4. The van der Waals surface area contributed by atoms with E-state index in [4.69, 9.17) is 4.74 Å². The molecule has 200 valence electrons. The Morgan fingerprint density at radius 2 is 1.77 bits per heavy atom. The van der Waals surface area contributed by atoms with E-state index in [1.54, 1.807) is 19.2 Å². The lowest BCUT2D eigenvalue weighted by molar-refractivity contribution is -0.155. The van der Waals surface area contributed by atoms with Crippen molar-refractivity contribution in [1.82, 2.24) is 9.88 Å². The molecule has 2 saturated carbocycles. The lowest BCUT2D eigenvalue weighted by Crippen LogP contribution is -2.57. The maximum atomic E-state index is 14.8. The van der Waals surface area contributed by atoms with Crippen LogP contribution in [0.1, 0.15) is 54.6 Å². The molecule has 39 heavy (non-hydrogen) atoms. The van der Waals surface area contributed by atoms with Gasteiger partial charge in [-0.15, -0.1) is 0 Å². The van der Waals surface area contributed by atoms with Gasteiger partial charge in [-0.25, -0.2) is 4.39 Å². The van der Waals surface area contributed by atoms with Crippen LogP contribution in [0, 0.1) is 17.2 Å². The second kappa shape index (κ2) is 9.56. The Morgan fingerprint density at radius 1 is 1.03 bits per heavy atom. The van der Waals surface area contributed by atoms with E-state index in [9.17, 15) is 19.1 Å². The third kappa shape index (κ3) is 4.46. The summed E-state index contributed by atoms with van der Waals surface area (Å²) < 4.78 is 22.1. The van der Waals surface area contributed by atoms with Gasteiger partial charge in [0.1, 0.15) is 11.6 Å². The summed E-state index contributed by atoms with van der Waals surface area (Å²) in [5.74, 6) is -0.780. The molecule has 2 N–H and O–H groups in total. The molecule has 2 aliphatic carbocycles. The molecule has 0 radical (unpaired) electrons. The molecule has 0 aliphatic heterocycles. The van der Waals surface area contributed by atoms with Crippen LogP contribution in [-0.4, -0.2) is 34.7 Å². The molecule has 0 bridgehead atoms. The molecule has 2 aliphatic rings. The Kier molecular flexibility index (Phi) is 6.17. The number of hydrogen-bond donors (Lipinski definition) is 2. The Bertz CT molecular complexity index is 1560. The van der Waals surface area contributed by atoms with Crippen LogP contribution in [0.4, 0.5) is 4.39 Å². The monoisotopic (exact) mass is 526 g/mol. The van der Waals surface area contributed by atoms with Gasteiger partial charge in [0.25, 0.3) is 5.91 Å². The zero-order valence-electron chi connectivity index (χ0n) is 22.0. The Hall–Kier alpha value is -4.13. The van der Waals surface area contributed by atoms with Crippen molar-refractivity contribution in [3.63, 3.8) is 0 Å². The van der Waals surface area contributed by atoms with E-state index in [1.165, 1.54) is 6.07 Å². The van der Waals surface area contributed by atoms with E-state index < -0.39 is 5.97 Å². The number of halogens is 1. The number of rotatable bonds is 7. The van der Waals surface area contributed by atoms with E-state index in [1.807, 2.05) is 42.0 Å². The standard InChI is InChI=1S/C32H31FN2O4/c1-19(20-6-8-21(9-7-20)22-4-3-5-25(14-22)39-2)35-13-12-26-28(33)11-10-27(29(26)35)30(36)34-24-17-32(18-24)15-23(16-32)31(37)38/h3-14,19,23-24H,15-18H2,1-2H3,(H,34,36)(H,37,38). The van der Waals surface area contributed by atoms with Gasteiger partial charge in [-0.2, -0.15) is 0 Å². The van der Waals surface area contributed by atoms with E-state index >= 15 is 0 Å². The molecule has 1 unspecified atom stereocenters. The molecule has 4 aromatic rings. The number of carboxylic acids is 1. The van der Waals surface area contributed by atoms with Gasteiger partial charge in [0.15, 0.2) is 0 Å². The number of carboxylic acid groups (broad SMARTS) is 1. The second-order valence-electron chi connectivity index (χ2n) is 11.1. The number of nitrogens with zero attached hydrogens (tertiary/aromatic N) is 1. The van der Waals surface area contributed by atoms with Crippen molar-refractivity contribution in [2.45, 2.75) is 44.7 Å². The molecule has 3 aromatic carbocycles. The van der Waals surface area contributed by atoms with Crippen molar-refractivity contribution in [1.29, 1.82) is 0 Å². The average molecular weight is 527 g/mol. The highest BCUT2D eigenvalue weighted by Crippen LogP contribution is 2.58. The van der Waals surface area contributed by atoms with Gasteiger partial charge >= 0.3 is 5.97 Å². The van der Waals surface area contributed by atoms with Crippen LogP contribution in [0.25, 0.3) is 22.0 Å². The molecule has 6 rings (SSSR count). The summed E-state index contributed by atoms with van der Waals surface area (Å²) in [6.07, 6.45) is 4.80. The fraction of sp³-hybridized carbons (Fsp3) is 0.312. The molecular weight excluding hydrogens is 495 g/mol. The van der Waals surface area contributed by atoms with Gasteiger partial charge in [0.05, 0.1) is 30.1 Å². The largest absolute Gasteiger partial charge is 0.497 e. The molecule has 1 spiro atoms. The smallest absolute Gasteiger partial charge is 0.306 e. The average Bonchev–Trinajstić information content (AvgIpc) is 3.35. The number of fused-ring (bicyclic) bond motifs is 1. The molecule has 1 amide bonds. The molecule has 7 heteroatoms. The predicted molar refractivity (Wildman–Crippen MR) is 147 cm³/mol. The van der Waals surface area contributed by atoms with E-state index in [0.717, 1.165) is 35.3 Å². The Morgan fingerprint density at radius 3 is 2.46 bits per heavy atom. The van der Waals surface area contributed by atoms with Crippen LogP contribution in [0.15, 0.2) is 72.9 Å². The van der Waals surface area contributed by atoms with Crippen LogP contribution >= 0.6 is 0 Å². The minimum absolute atomic E-state index is 0.0114. The summed E-state index contributed by atoms with van der Waals surface area (Å²) >= 11 is 0. The lowest BCUT2D eigenvalue weighted by Gasteiger charge is -2.56. The lowest BCUT2D eigenvalue weighted by atomic mass is 9.50. The summed E-state index contributed by atoms with van der Waals surface area (Å²) in [7, 11) is 1.65. The van der Waals surface area contributed by atoms with Crippen LogP contribution < -0.4 is 10.1 Å². The quantitative estimate of drug-likeness (QED) is 0.291. The summed E-state index contributed by atoms with van der Waals surface area (Å²) in [6.45, 7) is 2.04. The number of aromatic nitrogens is 1. The summed E-state index contributed by atoms with van der Waals surface area (Å²) in [6, 6.07) is 20.6. The van der Waals surface area contributed by atoms with Crippen LogP contribution in [0.5, 0.6) is 5.75 Å². The van der Waals surface area contributed by atoms with Gasteiger partial charge in [-0.3, -0.25) is 9.59 Å². The van der Waals surface area contributed by atoms with Gasteiger partial charge in [-0.1, -0.05) is 36.4 Å². The second-order valence-corrected chi connectivity index (χ2v) is 11.1. The number of hydrogen-bond acceptors (Lipinski definition) is 3. The molecule has 1 heterocycles. The van der Waals surface area contributed by atoms with Gasteiger partial charge in [0.2, 0.25) is 0 Å². The number of benzene rings is 3. The zero-order valence-corrected chi connectivity index (χ0v) is 22.0. The zero-order chi connectivity index (χ0) is 27.3. The first-order valence-electron chi connectivity index (χ1n) is 13.3. The van der Waals surface area contributed by atoms with Crippen molar-refractivity contribution < 1.29 is 23.8 Å². The first kappa shape index (κ1) is 25.2. The summed E-state index contributed by atoms with van der Waals surface area (Å²) in [4.78, 5) is 24.5. The number of methoxy groups -OCH3 is 1. The highest BCUT2D eigenvalue weighted by molar-refractivity contribution is 6.06. The van der Waals surface area contributed by atoms with Crippen molar-refractivity contribution in [3.05, 3.63) is 89.9 Å². The maximum Gasteiger partial charge on any atom is 0.306 e. The van der Waals surface area contributed by atoms with Crippen LogP contribution in [0.2, 0.25) is 0 Å². The van der Waals surface area contributed by atoms with Gasteiger partial charge < -0.3 is 19.7 Å². The van der Waals surface area contributed by atoms with Crippen molar-refractivity contribution in [3.8, 4) is 16.9 Å². The summed E-state index contributed by atoms with van der Waals surface area (Å²) in [5, 5.41) is 12.7. The number of amides is 1. The first-order valence-corrected chi connectivity index (χ1v) is 13.3. The summed E-state index contributed by atoms with van der Waals surface area (Å²) in [5.41, 5.74) is 4.22. The third-order valence-electron chi connectivity index (χ3n) is 8.68. The fourth-order valence-electron chi connectivity index (χ4n) is 6.52. The van der Waals surface area contributed by atoms with Gasteiger partial charge in [-0.05, 0) is 85.0 Å². The maximum absolute atomic E-state index is 14.8.